The maximum atomic E-state index is 11.2. The van der Waals surface area contributed by atoms with E-state index in [1.807, 2.05) is 24.3 Å². The molecule has 0 amide bonds. The highest BCUT2D eigenvalue weighted by Crippen LogP contribution is 2.39. The zero-order chi connectivity index (χ0) is 22.9. The van der Waals surface area contributed by atoms with Gasteiger partial charge in [0.1, 0.15) is 36.3 Å². The lowest BCUT2D eigenvalue weighted by atomic mass is 9.85. The molecule has 6 atom stereocenters. The van der Waals surface area contributed by atoms with Gasteiger partial charge in [0.05, 0.1) is 19.8 Å². The molecule has 5 N–H and O–H groups in total. The summed E-state index contributed by atoms with van der Waals surface area (Å²) in [4.78, 5) is 0. The highest BCUT2D eigenvalue weighted by Gasteiger charge is 2.54. The monoisotopic (exact) mass is 466 g/mol. The number of ether oxygens (including phenoxy) is 3. The minimum atomic E-state index is -2.38. The molecule has 0 radical (unpaired) electrons. The molecule has 0 bridgehead atoms. The Bertz CT molecular complexity index is 915. The van der Waals surface area contributed by atoms with Crippen molar-refractivity contribution < 1.29 is 39.7 Å². The normalized spacial score (nSPS) is 32.8. The Balaban J connectivity index is 1.59. The summed E-state index contributed by atoms with van der Waals surface area (Å²) in [5.74, 6) is -1.65. The van der Waals surface area contributed by atoms with Crippen molar-refractivity contribution in [2.24, 2.45) is 0 Å². The molecule has 2 aromatic rings. The van der Waals surface area contributed by atoms with Crippen molar-refractivity contribution in [2.75, 3.05) is 19.8 Å². The number of halogens is 1. The Morgan fingerprint density at radius 2 is 1.81 bits per heavy atom. The van der Waals surface area contributed by atoms with Crippen molar-refractivity contribution in [3.63, 3.8) is 0 Å². The largest absolute Gasteiger partial charge is 0.488 e. The molecule has 2 heterocycles. The quantitative estimate of drug-likeness (QED) is 0.421. The van der Waals surface area contributed by atoms with Gasteiger partial charge in [0.2, 0.25) is 5.79 Å². The fourth-order valence-electron chi connectivity index (χ4n) is 4.12. The maximum Gasteiger partial charge on any atom is 0.222 e. The van der Waals surface area contributed by atoms with E-state index in [1.165, 1.54) is 6.07 Å². The Labute approximate surface area is 190 Å². The van der Waals surface area contributed by atoms with Crippen LogP contribution in [0.2, 0.25) is 5.02 Å². The fourth-order valence-corrected chi connectivity index (χ4v) is 4.29. The first-order valence-corrected chi connectivity index (χ1v) is 10.9. The molecule has 32 heavy (non-hydrogen) atoms. The zero-order valence-electron chi connectivity index (χ0n) is 17.3. The van der Waals surface area contributed by atoms with Gasteiger partial charge < -0.3 is 39.7 Å². The van der Waals surface area contributed by atoms with Crippen LogP contribution in [0.5, 0.6) is 5.75 Å². The van der Waals surface area contributed by atoms with Crippen molar-refractivity contribution in [3.05, 3.63) is 64.2 Å². The second-order valence-corrected chi connectivity index (χ2v) is 8.62. The van der Waals surface area contributed by atoms with E-state index < -0.39 is 36.8 Å². The van der Waals surface area contributed by atoms with Crippen LogP contribution >= 0.6 is 11.6 Å². The van der Waals surface area contributed by atoms with Crippen molar-refractivity contribution in [2.45, 2.75) is 49.1 Å². The molecule has 9 heteroatoms. The Hall–Kier alpha value is -1.75. The van der Waals surface area contributed by atoms with E-state index in [9.17, 15) is 25.5 Å². The summed E-state index contributed by atoms with van der Waals surface area (Å²) < 4.78 is 16.7. The van der Waals surface area contributed by atoms with Crippen LogP contribution in [-0.2, 0) is 21.7 Å². The molecule has 4 rings (SSSR count). The van der Waals surface area contributed by atoms with Gasteiger partial charge in [-0.15, -0.1) is 0 Å². The summed E-state index contributed by atoms with van der Waals surface area (Å²) in [5, 5.41) is 51.8. The molecule has 2 aromatic carbocycles. The van der Waals surface area contributed by atoms with Gasteiger partial charge in [-0.2, -0.15) is 0 Å². The van der Waals surface area contributed by atoms with Crippen LogP contribution in [0.3, 0.4) is 0 Å². The molecule has 174 valence electrons. The van der Waals surface area contributed by atoms with E-state index in [1.54, 1.807) is 12.1 Å². The summed E-state index contributed by atoms with van der Waals surface area (Å²) >= 11 is 6.15. The Morgan fingerprint density at radius 3 is 2.47 bits per heavy atom. The molecule has 0 spiro atoms. The summed E-state index contributed by atoms with van der Waals surface area (Å²) in [6.45, 7) is 0.616. The summed E-state index contributed by atoms with van der Waals surface area (Å²) in [7, 11) is 0. The minimum absolute atomic E-state index is 0.0455. The van der Waals surface area contributed by atoms with Crippen molar-refractivity contribution >= 4 is 11.6 Å². The average molecular weight is 467 g/mol. The van der Waals surface area contributed by atoms with Crippen LogP contribution < -0.4 is 4.74 Å². The third-order valence-corrected chi connectivity index (χ3v) is 6.17. The van der Waals surface area contributed by atoms with Crippen molar-refractivity contribution in [1.29, 1.82) is 0 Å². The summed E-state index contributed by atoms with van der Waals surface area (Å²) in [6.07, 6.45) is -5.18. The lowest BCUT2D eigenvalue weighted by Gasteiger charge is -2.46. The van der Waals surface area contributed by atoms with Gasteiger partial charge in [0.25, 0.3) is 0 Å². The third kappa shape index (κ3) is 4.64. The maximum absolute atomic E-state index is 11.2. The van der Waals surface area contributed by atoms with Crippen molar-refractivity contribution in [3.8, 4) is 5.75 Å². The molecule has 2 aliphatic heterocycles. The number of hydrogen-bond acceptors (Lipinski definition) is 8. The lowest BCUT2D eigenvalue weighted by Crippen LogP contribution is -2.63. The SMILES string of the molecule is OC[C@H]1OC(O)(c2cc(Cl)ccc2Cc2ccc(O[C@H]3CCOC3)cc2)[C@H](O)[C@@H](O)[C@@H]1O. The van der Waals surface area contributed by atoms with E-state index in [0.717, 1.165) is 17.7 Å². The van der Waals surface area contributed by atoms with Gasteiger partial charge in [-0.3, -0.25) is 0 Å². The first-order chi connectivity index (χ1) is 15.3. The first-order valence-electron chi connectivity index (χ1n) is 10.5. The van der Waals surface area contributed by atoms with Gasteiger partial charge in [-0.1, -0.05) is 29.8 Å². The topological polar surface area (TPSA) is 129 Å². The number of aliphatic hydroxyl groups is 5. The first kappa shape index (κ1) is 23.4. The Kier molecular flexibility index (Phi) is 7.04. The highest BCUT2D eigenvalue weighted by molar-refractivity contribution is 6.30. The van der Waals surface area contributed by atoms with Crippen molar-refractivity contribution in [1.82, 2.24) is 0 Å². The zero-order valence-corrected chi connectivity index (χ0v) is 18.1. The minimum Gasteiger partial charge on any atom is -0.488 e. The summed E-state index contributed by atoms with van der Waals surface area (Å²) in [6, 6.07) is 12.3. The fraction of sp³-hybridized carbons (Fsp3) is 0.478. The van der Waals surface area contributed by atoms with Gasteiger partial charge >= 0.3 is 0 Å². The molecule has 1 unspecified atom stereocenters. The van der Waals surface area contributed by atoms with Gasteiger partial charge in [-0.05, 0) is 41.8 Å². The van der Waals surface area contributed by atoms with E-state index in [4.69, 9.17) is 25.8 Å². The van der Waals surface area contributed by atoms with Crippen LogP contribution in [-0.4, -0.2) is 75.9 Å². The third-order valence-electron chi connectivity index (χ3n) is 5.93. The number of aliphatic hydroxyl groups excluding tert-OH is 4. The Morgan fingerprint density at radius 1 is 1.06 bits per heavy atom. The predicted molar refractivity (Wildman–Crippen MR) is 114 cm³/mol. The van der Waals surface area contributed by atoms with Crippen LogP contribution in [0.15, 0.2) is 42.5 Å². The number of rotatable bonds is 6. The lowest BCUT2D eigenvalue weighted by molar-refractivity contribution is -0.358. The van der Waals surface area contributed by atoms with E-state index >= 15 is 0 Å². The molecule has 0 saturated carbocycles. The number of benzene rings is 2. The summed E-state index contributed by atoms with van der Waals surface area (Å²) in [5.41, 5.74) is 1.64. The smallest absolute Gasteiger partial charge is 0.222 e. The van der Waals surface area contributed by atoms with Crippen LogP contribution in [0, 0.1) is 0 Å². The molecule has 0 aliphatic carbocycles. The van der Waals surface area contributed by atoms with Crippen LogP contribution in [0.1, 0.15) is 23.1 Å². The standard InChI is InChI=1S/C23H27ClO8/c24-15-4-3-14(9-13-1-5-16(6-2-13)31-17-7-8-30-12-17)18(10-15)23(29)22(28)21(27)20(26)19(11-25)32-23/h1-6,10,17,19-22,25-29H,7-9,11-12H2/t17-,19+,20+,21-,22+,23?/m0/s1. The second-order valence-electron chi connectivity index (χ2n) is 8.19. The molecule has 2 fully saturated rings. The van der Waals surface area contributed by atoms with E-state index in [2.05, 4.69) is 0 Å². The molecule has 2 aliphatic rings. The van der Waals surface area contributed by atoms with Crippen LogP contribution in [0.4, 0.5) is 0 Å². The second kappa shape index (κ2) is 9.62. The number of hydrogen-bond donors (Lipinski definition) is 5. The van der Waals surface area contributed by atoms with Gasteiger partial charge in [0.15, 0.2) is 0 Å². The molecular formula is C23H27ClO8. The molecule has 8 nitrogen and oxygen atoms in total. The average Bonchev–Trinajstić information content (AvgIpc) is 3.30. The van der Waals surface area contributed by atoms with E-state index in [0.29, 0.717) is 25.2 Å². The van der Waals surface area contributed by atoms with E-state index in [-0.39, 0.29) is 16.7 Å². The molecular weight excluding hydrogens is 440 g/mol. The van der Waals surface area contributed by atoms with Gasteiger partial charge in [0, 0.05) is 17.0 Å². The highest BCUT2D eigenvalue weighted by atomic mass is 35.5. The molecule has 2 saturated heterocycles. The predicted octanol–water partition coefficient (Wildman–Crippen LogP) is 0.717. The molecule has 0 aromatic heterocycles. The van der Waals surface area contributed by atoms with Crippen LogP contribution in [0.25, 0.3) is 0 Å². The van der Waals surface area contributed by atoms with Gasteiger partial charge in [-0.25, -0.2) is 0 Å².